The van der Waals surface area contributed by atoms with E-state index >= 15 is 0 Å². The topological polar surface area (TPSA) is 47.1 Å². The summed E-state index contributed by atoms with van der Waals surface area (Å²) >= 11 is 0. The van der Waals surface area contributed by atoms with Gasteiger partial charge in [-0.05, 0) is 49.2 Å². The maximum atomic E-state index is 12.9. The van der Waals surface area contributed by atoms with Crippen molar-refractivity contribution in [3.05, 3.63) is 48.0 Å². The lowest BCUT2D eigenvalue weighted by molar-refractivity contribution is 0.274. The molecule has 0 aliphatic carbocycles. The normalized spacial score (nSPS) is 22.8. The molecule has 1 aromatic carbocycles. The third kappa shape index (κ3) is 3.14. The Balaban J connectivity index is 1.67. The second-order valence-electron chi connectivity index (χ2n) is 6.25. The molecule has 5 heteroatoms. The van der Waals surface area contributed by atoms with E-state index in [1.165, 1.54) is 17.7 Å². The Morgan fingerprint density at radius 2 is 2.10 bits per heavy atom. The van der Waals surface area contributed by atoms with Gasteiger partial charge in [0.1, 0.15) is 5.82 Å². The van der Waals surface area contributed by atoms with Gasteiger partial charge in [-0.3, -0.25) is 4.90 Å². The van der Waals surface area contributed by atoms with Crippen LogP contribution in [0.15, 0.2) is 36.7 Å². The van der Waals surface area contributed by atoms with Gasteiger partial charge in [-0.1, -0.05) is 6.92 Å². The molecule has 21 heavy (non-hydrogen) atoms. The Morgan fingerprint density at radius 1 is 1.33 bits per heavy atom. The van der Waals surface area contributed by atoms with E-state index in [4.69, 9.17) is 5.73 Å². The Labute approximate surface area is 124 Å². The van der Waals surface area contributed by atoms with Crippen LogP contribution in [-0.2, 0) is 6.54 Å². The SMILES string of the molecule is CC1(CN)CCN(Cc2cnn(-c3ccc(F)cc3)c2)C1. The number of halogens is 1. The second kappa shape index (κ2) is 5.58. The van der Waals surface area contributed by atoms with Crippen molar-refractivity contribution in [2.75, 3.05) is 19.6 Å². The summed E-state index contributed by atoms with van der Waals surface area (Å²) < 4.78 is 14.7. The van der Waals surface area contributed by atoms with Crippen LogP contribution in [0, 0.1) is 11.2 Å². The van der Waals surface area contributed by atoms with Gasteiger partial charge in [-0.2, -0.15) is 5.10 Å². The fraction of sp³-hybridized carbons (Fsp3) is 0.438. The summed E-state index contributed by atoms with van der Waals surface area (Å²) in [5.74, 6) is -0.232. The molecular formula is C16H21FN4. The first kappa shape index (κ1) is 14.2. The molecule has 0 bridgehead atoms. The van der Waals surface area contributed by atoms with Gasteiger partial charge < -0.3 is 5.73 Å². The first-order valence-electron chi connectivity index (χ1n) is 7.30. The van der Waals surface area contributed by atoms with Crippen molar-refractivity contribution in [3.63, 3.8) is 0 Å². The summed E-state index contributed by atoms with van der Waals surface area (Å²) in [6.45, 7) is 5.98. The highest BCUT2D eigenvalue weighted by atomic mass is 19.1. The molecule has 2 heterocycles. The smallest absolute Gasteiger partial charge is 0.123 e. The van der Waals surface area contributed by atoms with Crippen molar-refractivity contribution >= 4 is 0 Å². The molecule has 0 spiro atoms. The van der Waals surface area contributed by atoms with E-state index in [9.17, 15) is 4.39 Å². The van der Waals surface area contributed by atoms with Crippen LogP contribution in [0.2, 0.25) is 0 Å². The van der Waals surface area contributed by atoms with Crippen LogP contribution in [0.3, 0.4) is 0 Å². The molecule has 2 N–H and O–H groups in total. The van der Waals surface area contributed by atoms with Crippen LogP contribution >= 0.6 is 0 Å². The van der Waals surface area contributed by atoms with Gasteiger partial charge in [0.25, 0.3) is 0 Å². The number of benzene rings is 1. The minimum Gasteiger partial charge on any atom is -0.330 e. The van der Waals surface area contributed by atoms with E-state index in [0.29, 0.717) is 0 Å². The maximum absolute atomic E-state index is 12.9. The highest BCUT2D eigenvalue weighted by Gasteiger charge is 2.32. The Kier molecular flexibility index (Phi) is 3.78. The van der Waals surface area contributed by atoms with Crippen molar-refractivity contribution in [2.24, 2.45) is 11.1 Å². The largest absolute Gasteiger partial charge is 0.330 e. The van der Waals surface area contributed by atoms with Crippen molar-refractivity contribution in [1.29, 1.82) is 0 Å². The molecule has 1 saturated heterocycles. The Morgan fingerprint density at radius 3 is 2.76 bits per heavy atom. The summed E-state index contributed by atoms with van der Waals surface area (Å²) in [4.78, 5) is 2.42. The molecule has 0 saturated carbocycles. The minimum atomic E-state index is -0.232. The molecule has 1 aliphatic rings. The highest BCUT2D eigenvalue weighted by Crippen LogP contribution is 2.29. The van der Waals surface area contributed by atoms with E-state index in [1.807, 2.05) is 12.4 Å². The van der Waals surface area contributed by atoms with Crippen molar-refractivity contribution in [2.45, 2.75) is 19.9 Å². The zero-order valence-corrected chi connectivity index (χ0v) is 12.3. The van der Waals surface area contributed by atoms with E-state index in [0.717, 1.165) is 38.3 Å². The minimum absolute atomic E-state index is 0.232. The summed E-state index contributed by atoms with van der Waals surface area (Å²) in [6.07, 6.45) is 5.03. The van der Waals surface area contributed by atoms with Gasteiger partial charge in [0.2, 0.25) is 0 Å². The Hall–Kier alpha value is -1.72. The molecule has 1 aliphatic heterocycles. The molecule has 1 unspecified atom stereocenters. The zero-order chi connectivity index (χ0) is 14.9. The number of aromatic nitrogens is 2. The fourth-order valence-corrected chi connectivity index (χ4v) is 2.86. The highest BCUT2D eigenvalue weighted by molar-refractivity contribution is 5.31. The van der Waals surface area contributed by atoms with Crippen LogP contribution < -0.4 is 5.73 Å². The molecule has 1 fully saturated rings. The van der Waals surface area contributed by atoms with Gasteiger partial charge in [-0.25, -0.2) is 9.07 Å². The van der Waals surface area contributed by atoms with Crippen LogP contribution in [-0.4, -0.2) is 34.3 Å². The van der Waals surface area contributed by atoms with Crippen LogP contribution in [0.1, 0.15) is 18.9 Å². The molecule has 1 atom stereocenters. The van der Waals surface area contributed by atoms with E-state index in [-0.39, 0.29) is 11.2 Å². The fourth-order valence-electron chi connectivity index (χ4n) is 2.86. The third-order valence-electron chi connectivity index (χ3n) is 4.26. The second-order valence-corrected chi connectivity index (χ2v) is 6.25. The number of nitrogens with zero attached hydrogens (tertiary/aromatic N) is 3. The predicted molar refractivity (Wildman–Crippen MR) is 80.6 cm³/mol. The Bertz CT molecular complexity index is 607. The van der Waals surface area contributed by atoms with Gasteiger partial charge in [0, 0.05) is 24.8 Å². The molecule has 4 nitrogen and oxygen atoms in total. The number of rotatable bonds is 4. The summed E-state index contributed by atoms with van der Waals surface area (Å²) in [5.41, 5.74) is 8.12. The standard InChI is InChI=1S/C16H21FN4/c1-16(11-18)6-7-20(12-16)9-13-8-19-21(10-13)15-4-2-14(17)3-5-15/h2-5,8,10H,6-7,9,11-12,18H2,1H3. The molecule has 0 radical (unpaired) electrons. The first-order chi connectivity index (χ1) is 10.1. The average molecular weight is 288 g/mol. The molecule has 112 valence electrons. The number of hydrogen-bond acceptors (Lipinski definition) is 3. The van der Waals surface area contributed by atoms with Gasteiger partial charge >= 0.3 is 0 Å². The van der Waals surface area contributed by atoms with Crippen LogP contribution in [0.4, 0.5) is 4.39 Å². The van der Waals surface area contributed by atoms with E-state index in [1.54, 1.807) is 16.8 Å². The summed E-state index contributed by atoms with van der Waals surface area (Å²) in [7, 11) is 0. The number of hydrogen-bond donors (Lipinski definition) is 1. The lowest BCUT2D eigenvalue weighted by Crippen LogP contribution is -2.31. The third-order valence-corrected chi connectivity index (χ3v) is 4.26. The van der Waals surface area contributed by atoms with Crippen molar-refractivity contribution in [3.8, 4) is 5.69 Å². The first-order valence-corrected chi connectivity index (χ1v) is 7.30. The quantitative estimate of drug-likeness (QED) is 0.938. The lowest BCUT2D eigenvalue weighted by atomic mass is 9.90. The van der Waals surface area contributed by atoms with E-state index < -0.39 is 0 Å². The van der Waals surface area contributed by atoms with Gasteiger partial charge in [0.15, 0.2) is 0 Å². The average Bonchev–Trinajstić information content (AvgIpc) is 3.08. The zero-order valence-electron chi connectivity index (χ0n) is 12.3. The molecule has 3 rings (SSSR count). The van der Waals surface area contributed by atoms with E-state index in [2.05, 4.69) is 16.9 Å². The van der Waals surface area contributed by atoms with Crippen LogP contribution in [0.5, 0.6) is 0 Å². The molecular weight excluding hydrogens is 267 g/mol. The molecule has 1 aromatic heterocycles. The lowest BCUT2D eigenvalue weighted by Gasteiger charge is -2.22. The van der Waals surface area contributed by atoms with Gasteiger partial charge in [-0.15, -0.1) is 0 Å². The summed E-state index contributed by atoms with van der Waals surface area (Å²) in [5, 5.41) is 4.36. The summed E-state index contributed by atoms with van der Waals surface area (Å²) in [6, 6.07) is 6.36. The van der Waals surface area contributed by atoms with Gasteiger partial charge in [0.05, 0.1) is 11.9 Å². The van der Waals surface area contributed by atoms with Crippen molar-refractivity contribution < 1.29 is 4.39 Å². The predicted octanol–water partition coefficient (Wildman–Crippen LogP) is 2.18. The van der Waals surface area contributed by atoms with Crippen LogP contribution in [0.25, 0.3) is 5.69 Å². The maximum Gasteiger partial charge on any atom is 0.123 e. The monoisotopic (exact) mass is 288 g/mol. The number of nitrogens with two attached hydrogens (primary N) is 1. The number of likely N-dealkylation sites (tertiary alicyclic amines) is 1. The molecule has 0 amide bonds. The van der Waals surface area contributed by atoms with Crippen molar-refractivity contribution in [1.82, 2.24) is 14.7 Å². The molecule has 2 aromatic rings.